The number of hydrogen-bond donors (Lipinski definition) is 4. The first kappa shape index (κ1) is 11.3. The first-order chi connectivity index (χ1) is 5.15. The van der Waals surface area contributed by atoms with Crippen LogP contribution in [0.1, 0.15) is 6.92 Å². The van der Waals surface area contributed by atoms with Gasteiger partial charge < -0.3 is 10.2 Å². The number of nitrogens with two attached hydrogens (primary N) is 1. The van der Waals surface area contributed by atoms with E-state index in [2.05, 4.69) is 5.14 Å². The quantitative estimate of drug-likeness (QED) is 0.400. The van der Waals surface area contributed by atoms with Crippen LogP contribution in [0.5, 0.6) is 0 Å². The summed E-state index contributed by atoms with van der Waals surface area (Å²) in [4.78, 5) is 10.2. The summed E-state index contributed by atoms with van der Waals surface area (Å²) in [7, 11) is -3.96. The normalized spacial score (nSPS) is 16.9. The number of carboxylic acid groups (broad SMARTS) is 1. The second kappa shape index (κ2) is 3.35. The van der Waals surface area contributed by atoms with Gasteiger partial charge in [-0.05, 0) is 6.92 Å². The molecule has 0 fully saturated rings. The topological polar surface area (TPSA) is 130 Å². The van der Waals surface area contributed by atoms with Crippen LogP contribution in [0, 0.1) is 0 Å². The summed E-state index contributed by atoms with van der Waals surface area (Å²) in [6.45, 7) is 0.286. The summed E-state index contributed by atoms with van der Waals surface area (Å²) in [5.74, 6) is -1.53. The Labute approximate surface area is 69.4 Å². The number of rotatable bonds is 4. The Kier molecular flexibility index (Phi) is 3.16. The molecule has 1 atom stereocenters. The maximum atomic E-state index is 10.3. The minimum atomic E-state index is -3.96. The van der Waals surface area contributed by atoms with Crippen LogP contribution in [0.15, 0.2) is 0 Å². The molecular formula is C4H10N2O5S. The predicted molar refractivity (Wildman–Crippen MR) is 39.4 cm³/mol. The van der Waals surface area contributed by atoms with Crippen molar-refractivity contribution in [2.45, 2.75) is 12.5 Å². The van der Waals surface area contributed by atoms with Gasteiger partial charge in [0.2, 0.25) is 0 Å². The summed E-state index contributed by atoms with van der Waals surface area (Å²) >= 11 is 0. The number of hydrogen-bond acceptors (Lipinski definition) is 4. The molecule has 0 radical (unpaired) electrons. The maximum Gasteiger partial charge on any atom is 0.336 e. The van der Waals surface area contributed by atoms with Crippen molar-refractivity contribution in [1.29, 1.82) is 0 Å². The van der Waals surface area contributed by atoms with Crippen LogP contribution >= 0.6 is 0 Å². The number of carboxylic acids is 1. The molecule has 0 aromatic carbocycles. The van der Waals surface area contributed by atoms with E-state index in [0.717, 1.165) is 6.92 Å². The fourth-order valence-corrected chi connectivity index (χ4v) is 0.799. The van der Waals surface area contributed by atoms with Gasteiger partial charge >= 0.3 is 5.97 Å². The smallest absolute Gasteiger partial charge is 0.336 e. The number of carbonyl (C=O) groups is 1. The lowest BCUT2D eigenvalue weighted by molar-refractivity contribution is -0.155. The minimum absolute atomic E-state index is 0.666. The van der Waals surface area contributed by atoms with Crippen molar-refractivity contribution in [1.82, 2.24) is 4.72 Å². The third-order valence-electron chi connectivity index (χ3n) is 1.08. The van der Waals surface area contributed by atoms with E-state index in [-0.39, 0.29) is 0 Å². The van der Waals surface area contributed by atoms with E-state index in [9.17, 15) is 13.2 Å². The fourth-order valence-electron chi connectivity index (χ4n) is 0.317. The Balaban J connectivity index is 4.20. The van der Waals surface area contributed by atoms with Crippen LogP contribution in [-0.2, 0) is 15.0 Å². The molecule has 0 rings (SSSR count). The Morgan fingerprint density at radius 3 is 2.33 bits per heavy atom. The van der Waals surface area contributed by atoms with Gasteiger partial charge in [0.15, 0.2) is 5.60 Å². The third kappa shape index (κ3) is 4.23. The molecule has 0 saturated carbocycles. The molecule has 8 heteroatoms. The lowest BCUT2D eigenvalue weighted by atomic mass is 10.1. The fraction of sp³-hybridized carbons (Fsp3) is 0.750. The molecule has 12 heavy (non-hydrogen) atoms. The average molecular weight is 198 g/mol. The van der Waals surface area contributed by atoms with Gasteiger partial charge in [-0.2, -0.15) is 13.1 Å². The lowest BCUT2D eigenvalue weighted by Crippen LogP contribution is -2.48. The first-order valence-electron chi connectivity index (χ1n) is 2.88. The zero-order valence-electron chi connectivity index (χ0n) is 6.31. The van der Waals surface area contributed by atoms with Crippen LogP contribution in [0.3, 0.4) is 0 Å². The molecule has 0 heterocycles. The van der Waals surface area contributed by atoms with E-state index in [0.29, 0.717) is 0 Å². The molecule has 0 bridgehead atoms. The minimum Gasteiger partial charge on any atom is -0.479 e. The molecule has 0 saturated heterocycles. The molecule has 0 aliphatic heterocycles. The van der Waals surface area contributed by atoms with Crippen molar-refractivity contribution < 1.29 is 23.4 Å². The van der Waals surface area contributed by atoms with Gasteiger partial charge in [0.05, 0.1) is 6.54 Å². The van der Waals surface area contributed by atoms with E-state index >= 15 is 0 Å². The second-order valence-electron chi connectivity index (χ2n) is 2.45. The van der Waals surface area contributed by atoms with Crippen molar-refractivity contribution >= 4 is 16.2 Å². The lowest BCUT2D eigenvalue weighted by Gasteiger charge is -2.16. The van der Waals surface area contributed by atoms with Crippen LogP contribution in [-0.4, -0.2) is 36.7 Å². The number of aliphatic hydroxyl groups is 1. The van der Waals surface area contributed by atoms with Gasteiger partial charge in [-0.3, -0.25) is 0 Å². The summed E-state index contributed by atoms with van der Waals surface area (Å²) in [5, 5.41) is 21.8. The predicted octanol–water partition coefficient (Wildman–Crippen LogP) is -2.38. The van der Waals surface area contributed by atoms with Crippen LogP contribution in [0.25, 0.3) is 0 Å². The van der Waals surface area contributed by atoms with Crippen LogP contribution in [0.2, 0.25) is 0 Å². The standard InChI is InChI=1S/C4H10N2O5S/c1-4(9,3(7)8)2-6-12(5,10)11/h6,9H,2H2,1H3,(H,7,8)(H2,5,10,11). The monoisotopic (exact) mass is 198 g/mol. The summed E-state index contributed by atoms with van der Waals surface area (Å²) in [6.07, 6.45) is 0. The largest absolute Gasteiger partial charge is 0.479 e. The average Bonchev–Trinajstić information content (AvgIpc) is 1.82. The Bertz CT molecular complexity index is 269. The Morgan fingerprint density at radius 2 is 2.08 bits per heavy atom. The number of aliphatic carboxylic acids is 1. The third-order valence-corrected chi connectivity index (χ3v) is 1.63. The molecule has 5 N–H and O–H groups in total. The zero-order chi connectivity index (χ0) is 9.99. The van der Waals surface area contributed by atoms with Gasteiger partial charge in [-0.25, -0.2) is 9.93 Å². The first-order valence-corrected chi connectivity index (χ1v) is 4.43. The molecule has 0 amide bonds. The molecule has 0 spiro atoms. The Morgan fingerprint density at radius 1 is 1.67 bits per heavy atom. The SMILES string of the molecule is CC(O)(CNS(N)(=O)=O)C(=O)O. The van der Waals surface area contributed by atoms with Crippen molar-refractivity contribution in [3.63, 3.8) is 0 Å². The van der Waals surface area contributed by atoms with Crippen LogP contribution < -0.4 is 9.86 Å². The summed E-state index contributed by atoms with van der Waals surface area (Å²) < 4.78 is 22.2. The second-order valence-corrected chi connectivity index (χ2v) is 3.82. The molecule has 1 unspecified atom stereocenters. The van der Waals surface area contributed by atoms with E-state index in [1.54, 1.807) is 4.72 Å². The highest BCUT2D eigenvalue weighted by atomic mass is 32.2. The van der Waals surface area contributed by atoms with E-state index in [4.69, 9.17) is 10.2 Å². The molecule has 0 aromatic heterocycles. The molecule has 0 aliphatic rings. The number of nitrogens with one attached hydrogen (secondary N) is 1. The van der Waals surface area contributed by atoms with Crippen LogP contribution in [0.4, 0.5) is 0 Å². The highest BCUT2D eigenvalue weighted by Crippen LogP contribution is 2.00. The highest BCUT2D eigenvalue weighted by Gasteiger charge is 2.30. The van der Waals surface area contributed by atoms with E-state index in [1.165, 1.54) is 0 Å². The molecule has 72 valence electrons. The Hall–Kier alpha value is -0.700. The molecule has 0 aromatic rings. The van der Waals surface area contributed by atoms with Crippen molar-refractivity contribution in [3.05, 3.63) is 0 Å². The van der Waals surface area contributed by atoms with E-state index < -0.39 is 28.3 Å². The van der Waals surface area contributed by atoms with Gasteiger partial charge in [-0.15, -0.1) is 0 Å². The van der Waals surface area contributed by atoms with Gasteiger partial charge in [0, 0.05) is 0 Å². The van der Waals surface area contributed by atoms with Gasteiger partial charge in [-0.1, -0.05) is 0 Å². The molecular weight excluding hydrogens is 188 g/mol. The summed E-state index contributed by atoms with van der Waals surface area (Å²) in [6, 6.07) is 0. The van der Waals surface area contributed by atoms with Gasteiger partial charge in [0.1, 0.15) is 0 Å². The van der Waals surface area contributed by atoms with E-state index in [1.807, 2.05) is 0 Å². The maximum absolute atomic E-state index is 10.3. The molecule has 7 nitrogen and oxygen atoms in total. The van der Waals surface area contributed by atoms with Crippen molar-refractivity contribution in [2.75, 3.05) is 6.54 Å². The highest BCUT2D eigenvalue weighted by molar-refractivity contribution is 7.87. The molecule has 0 aliphatic carbocycles. The van der Waals surface area contributed by atoms with Crippen molar-refractivity contribution in [2.24, 2.45) is 5.14 Å². The zero-order valence-corrected chi connectivity index (χ0v) is 7.13. The van der Waals surface area contributed by atoms with Gasteiger partial charge in [0.25, 0.3) is 10.2 Å². The summed E-state index contributed by atoms with van der Waals surface area (Å²) in [5.41, 5.74) is -2.15. The van der Waals surface area contributed by atoms with Crippen molar-refractivity contribution in [3.8, 4) is 0 Å².